The van der Waals surface area contributed by atoms with Gasteiger partial charge in [-0.25, -0.2) is 10.2 Å². The molecule has 31 heavy (non-hydrogen) atoms. The third kappa shape index (κ3) is 3.99. The van der Waals surface area contributed by atoms with Crippen LogP contribution in [0, 0.1) is 0 Å². The molecule has 158 valence electrons. The van der Waals surface area contributed by atoms with Crippen LogP contribution in [0.5, 0.6) is 0 Å². The van der Waals surface area contributed by atoms with E-state index in [2.05, 4.69) is 15.5 Å². The number of anilines is 1. The fraction of sp³-hybridized carbons (Fsp3) is 0.143. The summed E-state index contributed by atoms with van der Waals surface area (Å²) < 4.78 is 4.10. The van der Waals surface area contributed by atoms with E-state index in [0.717, 1.165) is 10.1 Å². The van der Waals surface area contributed by atoms with Crippen LogP contribution in [-0.4, -0.2) is 24.9 Å². The van der Waals surface area contributed by atoms with Crippen LogP contribution < -0.4 is 16.7 Å². The normalized spacial score (nSPS) is 11.5. The Morgan fingerprint density at radius 1 is 1.06 bits per heavy atom. The minimum Gasteiger partial charge on any atom is -0.298 e. The van der Waals surface area contributed by atoms with E-state index in [1.807, 2.05) is 30.3 Å². The van der Waals surface area contributed by atoms with Crippen molar-refractivity contribution in [3.8, 4) is 0 Å². The van der Waals surface area contributed by atoms with E-state index in [1.54, 1.807) is 29.8 Å². The van der Waals surface area contributed by atoms with Crippen molar-refractivity contribution < 1.29 is 0 Å². The summed E-state index contributed by atoms with van der Waals surface area (Å²) in [6.07, 6.45) is 1.53. The number of hydrogen-bond donors (Lipinski definition) is 1. The van der Waals surface area contributed by atoms with Crippen LogP contribution in [0.1, 0.15) is 11.1 Å². The van der Waals surface area contributed by atoms with Gasteiger partial charge in [0.2, 0.25) is 5.95 Å². The number of fused-ring (bicyclic) bond motifs is 1. The minimum absolute atomic E-state index is 0.270. The first-order valence-corrected chi connectivity index (χ1v) is 10.1. The SMILES string of the molecule is Cn1c(=O)c2c(nc(NN=Cc3ccc(Cl)cc3Cl)n2Cc2ccccc2)n(C)c1=O. The van der Waals surface area contributed by atoms with E-state index >= 15 is 0 Å². The van der Waals surface area contributed by atoms with Crippen molar-refractivity contribution in [2.24, 2.45) is 19.2 Å². The lowest BCUT2D eigenvalue weighted by atomic mass is 10.2. The van der Waals surface area contributed by atoms with E-state index in [0.29, 0.717) is 33.6 Å². The van der Waals surface area contributed by atoms with Gasteiger partial charge in [-0.05, 0) is 17.7 Å². The summed E-state index contributed by atoms with van der Waals surface area (Å²) >= 11 is 12.1. The van der Waals surface area contributed by atoms with Crippen LogP contribution in [0.15, 0.2) is 63.2 Å². The zero-order valence-corrected chi connectivity index (χ0v) is 18.2. The summed E-state index contributed by atoms with van der Waals surface area (Å²) in [5.74, 6) is 0.318. The summed E-state index contributed by atoms with van der Waals surface area (Å²) in [5.41, 5.74) is 4.18. The molecule has 0 spiro atoms. The third-order valence-corrected chi connectivity index (χ3v) is 5.42. The van der Waals surface area contributed by atoms with Gasteiger partial charge in [-0.1, -0.05) is 59.6 Å². The second-order valence-corrected chi connectivity index (χ2v) is 7.76. The maximum atomic E-state index is 12.9. The van der Waals surface area contributed by atoms with Gasteiger partial charge in [0.1, 0.15) is 0 Å². The number of hydrogen-bond acceptors (Lipinski definition) is 5. The number of nitrogens with one attached hydrogen (secondary N) is 1. The van der Waals surface area contributed by atoms with E-state index in [9.17, 15) is 9.59 Å². The molecule has 0 aliphatic heterocycles. The monoisotopic (exact) mass is 456 g/mol. The average Bonchev–Trinajstić information content (AvgIpc) is 3.11. The van der Waals surface area contributed by atoms with Gasteiger partial charge in [-0.3, -0.25) is 18.5 Å². The third-order valence-electron chi connectivity index (χ3n) is 4.86. The number of hydrazone groups is 1. The standard InChI is InChI=1S/C21H18Cl2N6O2/c1-27-18-17(19(30)28(2)21(27)31)29(12-13-6-4-3-5-7-13)20(25-18)26-24-11-14-8-9-15(22)10-16(14)23/h3-11H,12H2,1-2H3,(H,25,26). The Balaban J connectivity index is 1.81. The van der Waals surface area contributed by atoms with Gasteiger partial charge in [-0.2, -0.15) is 10.1 Å². The largest absolute Gasteiger partial charge is 0.332 e. The van der Waals surface area contributed by atoms with Crippen molar-refractivity contribution >= 4 is 46.5 Å². The molecule has 0 aliphatic rings. The van der Waals surface area contributed by atoms with Crippen LogP contribution in [0.3, 0.4) is 0 Å². The second kappa shape index (κ2) is 8.41. The number of imidazole rings is 1. The van der Waals surface area contributed by atoms with E-state index in [4.69, 9.17) is 23.2 Å². The van der Waals surface area contributed by atoms with Gasteiger partial charge in [0, 0.05) is 24.7 Å². The molecule has 0 aliphatic carbocycles. The number of benzene rings is 2. The van der Waals surface area contributed by atoms with Crippen molar-refractivity contribution in [2.45, 2.75) is 6.54 Å². The average molecular weight is 457 g/mol. The number of rotatable bonds is 5. The Morgan fingerprint density at radius 3 is 2.52 bits per heavy atom. The van der Waals surface area contributed by atoms with E-state index in [1.165, 1.54) is 17.8 Å². The highest BCUT2D eigenvalue weighted by atomic mass is 35.5. The van der Waals surface area contributed by atoms with Gasteiger partial charge >= 0.3 is 5.69 Å². The minimum atomic E-state index is -0.454. The summed E-state index contributed by atoms with van der Waals surface area (Å²) in [5, 5.41) is 5.20. The van der Waals surface area contributed by atoms with Crippen LogP contribution in [0.2, 0.25) is 10.0 Å². The highest BCUT2D eigenvalue weighted by molar-refractivity contribution is 6.36. The Bertz CT molecular complexity index is 1420. The number of aromatic nitrogens is 4. The summed E-state index contributed by atoms with van der Waals surface area (Å²) in [6, 6.07) is 14.7. The quantitative estimate of drug-likeness (QED) is 0.368. The second-order valence-electron chi connectivity index (χ2n) is 6.92. The van der Waals surface area contributed by atoms with Gasteiger partial charge in [-0.15, -0.1) is 0 Å². The molecule has 10 heteroatoms. The van der Waals surface area contributed by atoms with Crippen molar-refractivity contribution in [1.82, 2.24) is 18.7 Å². The first-order chi connectivity index (χ1) is 14.9. The molecule has 0 radical (unpaired) electrons. The molecule has 0 unspecified atom stereocenters. The molecule has 2 heterocycles. The number of aryl methyl sites for hydroxylation is 1. The number of halogens is 2. The molecule has 2 aromatic carbocycles. The van der Waals surface area contributed by atoms with Crippen LogP contribution >= 0.6 is 23.2 Å². The van der Waals surface area contributed by atoms with E-state index < -0.39 is 11.2 Å². The molecule has 1 N–H and O–H groups in total. The van der Waals surface area contributed by atoms with Crippen LogP contribution in [-0.2, 0) is 20.6 Å². The Kier molecular flexibility index (Phi) is 5.67. The van der Waals surface area contributed by atoms with Gasteiger partial charge < -0.3 is 0 Å². The van der Waals surface area contributed by atoms with Gasteiger partial charge in [0.15, 0.2) is 11.2 Å². The van der Waals surface area contributed by atoms with E-state index in [-0.39, 0.29) is 5.65 Å². The zero-order valence-electron chi connectivity index (χ0n) is 16.7. The summed E-state index contributed by atoms with van der Waals surface area (Å²) in [6.45, 7) is 0.365. The van der Waals surface area contributed by atoms with Crippen LogP contribution in [0.25, 0.3) is 11.2 Å². The molecule has 0 atom stereocenters. The van der Waals surface area contributed by atoms with Crippen molar-refractivity contribution in [3.05, 3.63) is 90.5 Å². The van der Waals surface area contributed by atoms with Gasteiger partial charge in [0.25, 0.3) is 5.56 Å². The fourth-order valence-corrected chi connectivity index (χ4v) is 3.67. The molecule has 2 aromatic heterocycles. The molecule has 0 bridgehead atoms. The fourth-order valence-electron chi connectivity index (χ4n) is 3.22. The predicted octanol–water partition coefficient (Wildman–Crippen LogP) is 3.23. The Morgan fingerprint density at radius 2 is 1.81 bits per heavy atom. The lowest BCUT2D eigenvalue weighted by Crippen LogP contribution is -2.37. The molecule has 8 nitrogen and oxygen atoms in total. The summed E-state index contributed by atoms with van der Waals surface area (Å²) in [7, 11) is 3.02. The Hall–Kier alpha value is -3.36. The highest BCUT2D eigenvalue weighted by Crippen LogP contribution is 2.20. The number of nitrogens with zero attached hydrogens (tertiary/aromatic N) is 5. The first kappa shape index (κ1) is 20.9. The Labute approximate surface area is 187 Å². The molecule has 0 saturated carbocycles. The lowest BCUT2D eigenvalue weighted by Gasteiger charge is -2.09. The van der Waals surface area contributed by atoms with Gasteiger partial charge in [0.05, 0.1) is 17.8 Å². The molecule has 0 saturated heterocycles. The molecule has 0 amide bonds. The smallest absolute Gasteiger partial charge is 0.298 e. The zero-order chi connectivity index (χ0) is 22.1. The van der Waals surface area contributed by atoms with Crippen LogP contribution in [0.4, 0.5) is 5.95 Å². The molecule has 0 fully saturated rings. The predicted molar refractivity (Wildman–Crippen MR) is 123 cm³/mol. The molecular formula is C21H18Cl2N6O2. The molecular weight excluding hydrogens is 439 g/mol. The van der Waals surface area contributed by atoms with Crippen molar-refractivity contribution in [1.29, 1.82) is 0 Å². The highest BCUT2D eigenvalue weighted by Gasteiger charge is 2.19. The maximum absolute atomic E-state index is 12.9. The van der Waals surface area contributed by atoms with Crippen molar-refractivity contribution in [2.75, 3.05) is 5.43 Å². The first-order valence-electron chi connectivity index (χ1n) is 9.31. The maximum Gasteiger partial charge on any atom is 0.332 e. The lowest BCUT2D eigenvalue weighted by molar-refractivity contribution is 0.702. The molecule has 4 aromatic rings. The molecule has 4 rings (SSSR count). The topological polar surface area (TPSA) is 86.2 Å². The van der Waals surface area contributed by atoms with Crippen molar-refractivity contribution in [3.63, 3.8) is 0 Å². The summed E-state index contributed by atoms with van der Waals surface area (Å²) in [4.78, 5) is 29.7.